The molecule has 1 aliphatic rings. The first-order valence-electron chi connectivity index (χ1n) is 7.69. The molecule has 2 heterocycles. The highest BCUT2D eigenvalue weighted by atomic mass is 79.9. The summed E-state index contributed by atoms with van der Waals surface area (Å²) in [5, 5.41) is 3.68. The van der Waals surface area contributed by atoms with Crippen molar-refractivity contribution in [3.05, 3.63) is 28.4 Å². The van der Waals surface area contributed by atoms with Gasteiger partial charge in [0.2, 0.25) is 0 Å². The molecule has 1 aromatic carbocycles. The smallest absolute Gasteiger partial charge is 0.356 e. The number of esters is 1. The van der Waals surface area contributed by atoms with Gasteiger partial charge in [0.15, 0.2) is 6.54 Å². The molecule has 6 nitrogen and oxygen atoms in total. The lowest BCUT2D eigenvalue weighted by Crippen LogP contribution is -3.14. The van der Waals surface area contributed by atoms with Gasteiger partial charge in [0.1, 0.15) is 5.69 Å². The van der Waals surface area contributed by atoms with E-state index in [1.807, 2.05) is 30.0 Å². The Hall–Kier alpha value is -1.51. The fourth-order valence-electron chi connectivity index (χ4n) is 2.80. The summed E-state index contributed by atoms with van der Waals surface area (Å²) < 4.78 is 5.70. The Morgan fingerprint density at radius 2 is 2.12 bits per heavy atom. The van der Waals surface area contributed by atoms with E-state index in [1.165, 1.54) is 12.0 Å². The van der Waals surface area contributed by atoms with Gasteiger partial charge in [-0.25, -0.2) is 4.79 Å². The number of hydrogen-bond donors (Lipinski definition) is 3. The second-order valence-electron chi connectivity index (χ2n) is 5.64. The maximum Gasteiger partial charge on any atom is 0.356 e. The number of carbonyl (C=O) groups is 2. The lowest BCUT2D eigenvalue weighted by atomic mass is 10.2. The topological polar surface area (TPSA) is 75.6 Å². The number of hydrogen-bond acceptors (Lipinski definition) is 4. The highest BCUT2D eigenvalue weighted by molar-refractivity contribution is 9.10. The van der Waals surface area contributed by atoms with E-state index < -0.39 is 5.97 Å². The van der Waals surface area contributed by atoms with Gasteiger partial charge in [-0.1, -0.05) is 15.9 Å². The van der Waals surface area contributed by atoms with E-state index in [2.05, 4.69) is 26.2 Å². The van der Waals surface area contributed by atoms with Crippen LogP contribution in [0.2, 0.25) is 0 Å². The first kappa shape index (κ1) is 17.3. The second kappa shape index (κ2) is 7.58. The number of halogens is 1. The van der Waals surface area contributed by atoms with Crippen LogP contribution in [0.15, 0.2) is 22.7 Å². The van der Waals surface area contributed by atoms with Crippen molar-refractivity contribution in [2.45, 2.75) is 0 Å². The highest BCUT2D eigenvalue weighted by Gasteiger charge is 2.23. The predicted molar refractivity (Wildman–Crippen MR) is 98.9 cm³/mol. The van der Waals surface area contributed by atoms with Crippen LogP contribution in [0, 0.1) is 0 Å². The highest BCUT2D eigenvalue weighted by Crippen LogP contribution is 2.30. The Balaban J connectivity index is 1.87. The fourth-order valence-corrected chi connectivity index (χ4v) is 4.23. The summed E-state index contributed by atoms with van der Waals surface area (Å²) in [7, 11) is 1.32. The number of quaternary nitrogens is 1. The van der Waals surface area contributed by atoms with Crippen LogP contribution in [0.25, 0.3) is 10.9 Å². The van der Waals surface area contributed by atoms with Crippen LogP contribution in [0.5, 0.6) is 0 Å². The summed E-state index contributed by atoms with van der Waals surface area (Å²) >= 11 is 5.35. The summed E-state index contributed by atoms with van der Waals surface area (Å²) in [4.78, 5) is 28.8. The average molecular weight is 413 g/mol. The van der Waals surface area contributed by atoms with E-state index in [1.54, 1.807) is 0 Å². The minimum absolute atomic E-state index is 0.0945. The minimum atomic E-state index is -0.501. The van der Waals surface area contributed by atoms with Crippen LogP contribution in [0.4, 0.5) is 5.69 Å². The Bertz CT molecular complexity index is 771. The van der Waals surface area contributed by atoms with Gasteiger partial charge >= 0.3 is 5.97 Å². The number of anilines is 1. The van der Waals surface area contributed by atoms with Gasteiger partial charge in [-0.05, 0) is 18.2 Å². The van der Waals surface area contributed by atoms with Gasteiger partial charge in [0, 0.05) is 26.9 Å². The second-order valence-corrected chi connectivity index (χ2v) is 7.78. The number of aromatic nitrogens is 1. The number of ether oxygens (including phenoxy) is 1. The first-order valence-corrected chi connectivity index (χ1v) is 9.64. The van der Waals surface area contributed by atoms with Gasteiger partial charge < -0.3 is 19.9 Å². The summed E-state index contributed by atoms with van der Waals surface area (Å²) in [6.45, 7) is 2.38. The van der Waals surface area contributed by atoms with Crippen LogP contribution in [-0.4, -0.2) is 55.1 Å². The molecule has 1 aromatic heterocycles. The molecule has 1 fully saturated rings. The Labute approximate surface area is 152 Å². The van der Waals surface area contributed by atoms with Crippen molar-refractivity contribution in [3.8, 4) is 0 Å². The zero-order valence-electron chi connectivity index (χ0n) is 13.3. The zero-order chi connectivity index (χ0) is 17.1. The molecule has 1 amide bonds. The van der Waals surface area contributed by atoms with E-state index in [0.29, 0.717) is 12.2 Å². The van der Waals surface area contributed by atoms with Crippen LogP contribution < -0.4 is 10.2 Å². The molecule has 3 rings (SSSR count). The predicted octanol–water partition coefficient (Wildman–Crippen LogP) is 1.29. The number of carbonyl (C=O) groups excluding carboxylic acids is 2. The van der Waals surface area contributed by atoms with E-state index in [4.69, 9.17) is 4.74 Å². The Morgan fingerprint density at radius 1 is 1.38 bits per heavy atom. The van der Waals surface area contributed by atoms with E-state index >= 15 is 0 Å². The molecule has 0 aliphatic carbocycles. The molecule has 1 aliphatic heterocycles. The monoisotopic (exact) mass is 412 g/mol. The third kappa shape index (κ3) is 3.76. The molecule has 128 valence electrons. The molecule has 0 atom stereocenters. The number of benzene rings is 1. The lowest BCUT2D eigenvalue weighted by molar-refractivity contribution is -0.887. The minimum Gasteiger partial charge on any atom is -0.464 e. The summed E-state index contributed by atoms with van der Waals surface area (Å²) in [5.41, 5.74) is 1.52. The maximum absolute atomic E-state index is 12.5. The molecule has 0 bridgehead atoms. The fraction of sp³-hybridized carbons (Fsp3) is 0.375. The van der Waals surface area contributed by atoms with E-state index in [0.717, 1.165) is 40.0 Å². The third-order valence-electron chi connectivity index (χ3n) is 4.03. The molecule has 8 heteroatoms. The normalized spacial score (nSPS) is 15.4. The number of thioether (sulfide) groups is 1. The van der Waals surface area contributed by atoms with Crippen molar-refractivity contribution in [1.82, 2.24) is 4.98 Å². The van der Waals surface area contributed by atoms with Crippen LogP contribution in [-0.2, 0) is 9.53 Å². The molecule has 0 saturated carbocycles. The molecule has 3 N–H and O–H groups in total. The summed E-state index contributed by atoms with van der Waals surface area (Å²) in [6.07, 6.45) is 0. The van der Waals surface area contributed by atoms with Crippen LogP contribution in [0.1, 0.15) is 10.5 Å². The summed E-state index contributed by atoms with van der Waals surface area (Å²) in [5.74, 6) is 1.56. The number of H-pyrrole nitrogens is 1. The van der Waals surface area contributed by atoms with Gasteiger partial charge in [0.25, 0.3) is 5.91 Å². The molecule has 0 spiro atoms. The molecule has 0 unspecified atom stereocenters. The van der Waals surface area contributed by atoms with Gasteiger partial charge in [0.05, 0.1) is 25.9 Å². The van der Waals surface area contributed by atoms with Crippen molar-refractivity contribution in [2.75, 3.05) is 43.6 Å². The molecule has 0 radical (unpaired) electrons. The van der Waals surface area contributed by atoms with Gasteiger partial charge in [-0.15, -0.1) is 0 Å². The van der Waals surface area contributed by atoms with Crippen molar-refractivity contribution in [1.29, 1.82) is 0 Å². The third-order valence-corrected chi connectivity index (χ3v) is 5.50. The SMILES string of the molecule is COC(=O)c1[nH]c2ccc(Br)cc2c1NC(=O)C[NH+]1CCSCC1. The Kier molecular flexibility index (Phi) is 5.47. The quantitative estimate of drug-likeness (QED) is 0.661. The van der Waals surface area contributed by atoms with Crippen molar-refractivity contribution in [2.24, 2.45) is 0 Å². The van der Waals surface area contributed by atoms with Crippen LogP contribution >= 0.6 is 27.7 Å². The number of amides is 1. The molecule has 24 heavy (non-hydrogen) atoms. The first-order chi connectivity index (χ1) is 11.6. The molecular formula is C16H19BrN3O3S+. The van der Waals surface area contributed by atoms with Crippen molar-refractivity contribution in [3.63, 3.8) is 0 Å². The number of fused-ring (bicyclic) bond motifs is 1. The average Bonchev–Trinajstić information content (AvgIpc) is 2.93. The lowest BCUT2D eigenvalue weighted by Gasteiger charge is -2.22. The van der Waals surface area contributed by atoms with Gasteiger partial charge in [-0.2, -0.15) is 11.8 Å². The van der Waals surface area contributed by atoms with Crippen LogP contribution in [0.3, 0.4) is 0 Å². The molecule has 1 saturated heterocycles. The van der Waals surface area contributed by atoms with E-state index in [-0.39, 0.29) is 11.6 Å². The van der Waals surface area contributed by atoms with Crippen molar-refractivity contribution < 1.29 is 19.2 Å². The number of rotatable bonds is 4. The molecule has 2 aromatic rings. The largest absolute Gasteiger partial charge is 0.464 e. The van der Waals surface area contributed by atoms with Gasteiger partial charge in [-0.3, -0.25) is 4.79 Å². The number of aromatic amines is 1. The number of methoxy groups -OCH3 is 1. The van der Waals surface area contributed by atoms with E-state index in [9.17, 15) is 9.59 Å². The summed E-state index contributed by atoms with van der Waals surface area (Å²) in [6, 6.07) is 5.61. The van der Waals surface area contributed by atoms with Crippen molar-refractivity contribution >= 4 is 56.2 Å². The Morgan fingerprint density at radius 3 is 2.83 bits per heavy atom. The molecular weight excluding hydrogens is 394 g/mol. The maximum atomic E-state index is 12.5. The zero-order valence-corrected chi connectivity index (χ0v) is 15.7. The standard InChI is InChI=1S/C16H18BrN3O3S/c1-23-16(22)15-14(11-8-10(17)2-3-12(11)18-15)19-13(21)9-20-4-6-24-7-5-20/h2-3,8,18H,4-7,9H2,1H3,(H,19,21)/p+1. The number of nitrogens with one attached hydrogen (secondary N) is 3.